The lowest BCUT2D eigenvalue weighted by atomic mass is 10.2. The lowest BCUT2D eigenvalue weighted by Crippen LogP contribution is -2.49. The van der Waals surface area contributed by atoms with E-state index in [4.69, 9.17) is 9.84 Å². The minimum Gasteiger partial charge on any atom is -0.493 e. The Morgan fingerprint density at radius 2 is 1.92 bits per heavy atom. The molecule has 1 aromatic carbocycles. The third-order valence-electron chi connectivity index (χ3n) is 4.32. The highest BCUT2D eigenvalue weighted by atomic mass is 16.6. The summed E-state index contributed by atoms with van der Waals surface area (Å²) in [5.74, 6) is -0.331. The van der Waals surface area contributed by atoms with Crippen LogP contribution in [0.25, 0.3) is 0 Å². The summed E-state index contributed by atoms with van der Waals surface area (Å²) in [5, 5.41) is 19.5. The smallest absolute Gasteiger partial charge is 0.304 e. The predicted octanol–water partition coefficient (Wildman–Crippen LogP) is 1.29. The maximum absolute atomic E-state index is 12.2. The number of hydrogen-bond donors (Lipinski definition) is 1. The third-order valence-corrected chi connectivity index (χ3v) is 4.32. The van der Waals surface area contributed by atoms with Crippen LogP contribution in [0.5, 0.6) is 5.75 Å². The van der Waals surface area contributed by atoms with Crippen molar-refractivity contribution in [2.45, 2.75) is 19.8 Å². The van der Waals surface area contributed by atoms with Crippen molar-refractivity contribution in [1.29, 1.82) is 0 Å². The van der Waals surface area contributed by atoms with Crippen molar-refractivity contribution in [1.82, 2.24) is 9.80 Å². The molecular weight excluding hydrogens is 342 g/mol. The summed E-state index contributed by atoms with van der Waals surface area (Å²) in [5.41, 5.74) is 0.547. The molecule has 0 atom stereocenters. The first kappa shape index (κ1) is 19.6. The lowest BCUT2D eigenvalue weighted by molar-refractivity contribution is -0.385. The summed E-state index contributed by atoms with van der Waals surface area (Å²) in [6.07, 6.45) is 0.335. The van der Waals surface area contributed by atoms with E-state index < -0.39 is 10.9 Å². The highest BCUT2D eigenvalue weighted by molar-refractivity contribution is 5.76. The summed E-state index contributed by atoms with van der Waals surface area (Å²) in [4.78, 5) is 36.9. The Morgan fingerprint density at radius 1 is 1.23 bits per heavy atom. The van der Waals surface area contributed by atoms with Crippen LogP contribution in [0.4, 0.5) is 5.69 Å². The Labute approximate surface area is 151 Å². The van der Waals surface area contributed by atoms with Crippen LogP contribution in [0.3, 0.4) is 0 Å². The van der Waals surface area contributed by atoms with E-state index in [1.165, 1.54) is 12.1 Å². The van der Waals surface area contributed by atoms with Crippen molar-refractivity contribution in [2.24, 2.45) is 0 Å². The molecule has 1 heterocycles. The zero-order chi connectivity index (χ0) is 19.1. The fourth-order valence-electron chi connectivity index (χ4n) is 2.81. The van der Waals surface area contributed by atoms with Crippen LogP contribution in [0, 0.1) is 17.0 Å². The van der Waals surface area contributed by atoms with Crippen molar-refractivity contribution in [3.63, 3.8) is 0 Å². The van der Waals surface area contributed by atoms with Gasteiger partial charge in [-0.05, 0) is 19.1 Å². The standard InChI is InChI=1S/C17H23N3O6/c1-13-12-14(2-3-15(13)20(24)25)26-11-5-16(21)19-9-7-18(8-10-19)6-4-17(22)23/h2-3,12H,4-11H2,1H3,(H,22,23). The molecule has 0 aromatic heterocycles. The number of carbonyl (C=O) groups is 2. The minimum absolute atomic E-state index is 0.0125. The Bertz CT molecular complexity index is 670. The number of ether oxygens (including phenoxy) is 1. The monoisotopic (exact) mass is 365 g/mol. The molecule has 2 rings (SSSR count). The Hall–Kier alpha value is -2.68. The van der Waals surface area contributed by atoms with Gasteiger partial charge in [0.1, 0.15) is 5.75 Å². The van der Waals surface area contributed by atoms with Gasteiger partial charge in [-0.3, -0.25) is 24.6 Å². The minimum atomic E-state index is -0.817. The van der Waals surface area contributed by atoms with Gasteiger partial charge in [0.15, 0.2) is 0 Å². The van der Waals surface area contributed by atoms with Crippen LogP contribution in [0.2, 0.25) is 0 Å². The van der Waals surface area contributed by atoms with Gasteiger partial charge in [0, 0.05) is 44.4 Å². The van der Waals surface area contributed by atoms with Gasteiger partial charge >= 0.3 is 5.97 Å². The highest BCUT2D eigenvalue weighted by Gasteiger charge is 2.21. The molecule has 9 heteroatoms. The number of carbonyl (C=O) groups excluding carboxylic acids is 1. The van der Waals surface area contributed by atoms with Crippen LogP contribution >= 0.6 is 0 Å². The summed E-state index contributed by atoms with van der Waals surface area (Å²) in [6, 6.07) is 4.50. The summed E-state index contributed by atoms with van der Waals surface area (Å²) in [6.45, 7) is 4.84. The normalized spacial score (nSPS) is 14.9. The fraction of sp³-hybridized carbons (Fsp3) is 0.529. The van der Waals surface area contributed by atoms with E-state index in [0.29, 0.717) is 44.0 Å². The SMILES string of the molecule is Cc1cc(OCCC(=O)N2CCN(CCC(=O)O)CC2)ccc1[N+](=O)[O-]. The van der Waals surface area contributed by atoms with Gasteiger partial charge < -0.3 is 14.7 Å². The number of amides is 1. The van der Waals surface area contributed by atoms with E-state index in [0.717, 1.165) is 0 Å². The van der Waals surface area contributed by atoms with E-state index >= 15 is 0 Å². The van der Waals surface area contributed by atoms with Gasteiger partial charge in [0.2, 0.25) is 5.91 Å². The average molecular weight is 365 g/mol. The molecule has 0 aliphatic carbocycles. The molecule has 142 valence electrons. The molecule has 1 N–H and O–H groups in total. The van der Waals surface area contributed by atoms with Gasteiger partial charge in [-0.1, -0.05) is 0 Å². The number of piperazine rings is 1. The first-order chi connectivity index (χ1) is 12.4. The summed E-state index contributed by atoms with van der Waals surface area (Å²) < 4.78 is 5.52. The van der Waals surface area contributed by atoms with E-state index in [2.05, 4.69) is 0 Å². The van der Waals surface area contributed by atoms with Crippen LogP contribution in [0.15, 0.2) is 18.2 Å². The number of benzene rings is 1. The number of nitro groups is 1. The number of rotatable bonds is 8. The molecule has 1 saturated heterocycles. The second kappa shape index (κ2) is 9.14. The maximum Gasteiger partial charge on any atom is 0.304 e. The fourth-order valence-corrected chi connectivity index (χ4v) is 2.81. The average Bonchev–Trinajstić information content (AvgIpc) is 2.60. The van der Waals surface area contributed by atoms with E-state index in [9.17, 15) is 19.7 Å². The first-order valence-electron chi connectivity index (χ1n) is 8.46. The molecule has 1 aromatic rings. The topological polar surface area (TPSA) is 113 Å². The first-order valence-corrected chi connectivity index (χ1v) is 8.46. The molecule has 1 amide bonds. The number of carboxylic acids is 1. The lowest BCUT2D eigenvalue weighted by Gasteiger charge is -2.34. The zero-order valence-corrected chi connectivity index (χ0v) is 14.7. The van der Waals surface area contributed by atoms with Crippen molar-refractivity contribution in [2.75, 3.05) is 39.3 Å². The summed E-state index contributed by atoms with van der Waals surface area (Å²) in [7, 11) is 0. The number of aryl methyl sites for hydroxylation is 1. The third kappa shape index (κ3) is 5.69. The maximum atomic E-state index is 12.2. The number of aliphatic carboxylic acids is 1. The second-order valence-corrected chi connectivity index (χ2v) is 6.17. The highest BCUT2D eigenvalue weighted by Crippen LogP contribution is 2.23. The molecule has 1 fully saturated rings. The van der Waals surface area contributed by atoms with E-state index in [-0.39, 0.29) is 31.0 Å². The number of nitrogens with zero attached hydrogens (tertiary/aromatic N) is 3. The van der Waals surface area contributed by atoms with E-state index in [1.807, 2.05) is 4.90 Å². The van der Waals surface area contributed by atoms with Gasteiger partial charge in [-0.15, -0.1) is 0 Å². The van der Waals surface area contributed by atoms with Crippen molar-refractivity contribution in [3.05, 3.63) is 33.9 Å². The molecule has 0 spiro atoms. The van der Waals surface area contributed by atoms with Gasteiger partial charge in [0.05, 0.1) is 24.4 Å². The number of nitro benzene ring substituents is 1. The van der Waals surface area contributed by atoms with Crippen molar-refractivity contribution >= 4 is 17.6 Å². The van der Waals surface area contributed by atoms with E-state index in [1.54, 1.807) is 17.9 Å². The zero-order valence-electron chi connectivity index (χ0n) is 14.7. The number of carboxylic acid groups (broad SMARTS) is 1. The van der Waals surface area contributed by atoms with Gasteiger partial charge in [-0.25, -0.2) is 0 Å². The predicted molar refractivity (Wildman–Crippen MR) is 93.2 cm³/mol. The summed E-state index contributed by atoms with van der Waals surface area (Å²) >= 11 is 0. The molecule has 1 aliphatic rings. The second-order valence-electron chi connectivity index (χ2n) is 6.17. The Balaban J connectivity index is 1.72. The van der Waals surface area contributed by atoms with Crippen LogP contribution in [-0.4, -0.2) is 71.0 Å². The van der Waals surface area contributed by atoms with Crippen molar-refractivity contribution in [3.8, 4) is 5.75 Å². The van der Waals surface area contributed by atoms with Gasteiger partial charge in [-0.2, -0.15) is 0 Å². The molecule has 26 heavy (non-hydrogen) atoms. The molecule has 0 saturated carbocycles. The molecule has 0 unspecified atom stereocenters. The van der Waals surface area contributed by atoms with Crippen LogP contribution < -0.4 is 4.74 Å². The molecule has 1 aliphatic heterocycles. The van der Waals surface area contributed by atoms with Gasteiger partial charge in [0.25, 0.3) is 5.69 Å². The number of hydrogen-bond acceptors (Lipinski definition) is 6. The largest absolute Gasteiger partial charge is 0.493 e. The van der Waals surface area contributed by atoms with Crippen LogP contribution in [-0.2, 0) is 9.59 Å². The molecule has 0 radical (unpaired) electrons. The molecule has 0 bridgehead atoms. The Kier molecular flexibility index (Phi) is 6.90. The van der Waals surface area contributed by atoms with Crippen molar-refractivity contribution < 1.29 is 24.4 Å². The Morgan fingerprint density at radius 3 is 2.50 bits per heavy atom. The molecule has 9 nitrogen and oxygen atoms in total. The van der Waals surface area contributed by atoms with Crippen LogP contribution in [0.1, 0.15) is 18.4 Å². The quantitative estimate of drug-likeness (QED) is 0.545. The molecular formula is C17H23N3O6.